The number of esters is 1. The number of piperidine rings is 1. The van der Waals surface area contributed by atoms with Gasteiger partial charge >= 0.3 is 5.97 Å². The first-order chi connectivity index (χ1) is 23.2. The van der Waals surface area contributed by atoms with Crippen LogP contribution in [0.1, 0.15) is 77.3 Å². The Balaban J connectivity index is 1.58. The zero-order valence-corrected chi connectivity index (χ0v) is 29.8. The zero-order chi connectivity index (χ0) is 35.1. The number of fused-ring (bicyclic) bond motifs is 6. The Morgan fingerprint density at radius 3 is 2.57 bits per heavy atom. The highest BCUT2D eigenvalue weighted by Gasteiger charge is 2.38. The van der Waals surface area contributed by atoms with Crippen molar-refractivity contribution in [1.29, 1.82) is 0 Å². The van der Waals surface area contributed by atoms with Gasteiger partial charge in [0.05, 0.1) is 41.2 Å². The third-order valence-corrected chi connectivity index (χ3v) is 9.05. The van der Waals surface area contributed by atoms with Gasteiger partial charge in [-0.15, -0.1) is 0 Å². The summed E-state index contributed by atoms with van der Waals surface area (Å²) in [6.45, 7) is 17.3. The van der Waals surface area contributed by atoms with Crippen LogP contribution in [0.5, 0.6) is 5.75 Å². The van der Waals surface area contributed by atoms with Crippen molar-refractivity contribution >= 4 is 17.4 Å². The number of benzene rings is 2. The molecular weight excluding hydrogens is 623 g/mol. The number of ether oxygens (including phenoxy) is 4. The van der Waals surface area contributed by atoms with Crippen LogP contribution in [0.25, 0.3) is 28.0 Å². The van der Waals surface area contributed by atoms with Crippen molar-refractivity contribution in [2.45, 2.75) is 91.6 Å². The van der Waals surface area contributed by atoms with E-state index in [1.54, 1.807) is 6.92 Å². The summed E-state index contributed by atoms with van der Waals surface area (Å²) in [5.74, 6) is 0.365. The molecule has 0 amide bonds. The van der Waals surface area contributed by atoms with Gasteiger partial charge < -0.3 is 23.8 Å². The maximum absolute atomic E-state index is 15.7. The van der Waals surface area contributed by atoms with Gasteiger partial charge in [-0.1, -0.05) is 24.3 Å². The van der Waals surface area contributed by atoms with Crippen molar-refractivity contribution in [3.05, 3.63) is 77.3 Å². The van der Waals surface area contributed by atoms with E-state index in [4.69, 9.17) is 29.0 Å². The Hall–Kier alpha value is -4.28. The lowest BCUT2D eigenvalue weighted by Crippen LogP contribution is -2.45. The summed E-state index contributed by atoms with van der Waals surface area (Å²) in [4.78, 5) is 20.8. The molecule has 0 radical (unpaired) electrons. The van der Waals surface area contributed by atoms with Crippen LogP contribution < -0.4 is 9.64 Å². The third kappa shape index (κ3) is 7.35. The van der Waals surface area contributed by atoms with Gasteiger partial charge in [-0.3, -0.25) is 0 Å². The lowest BCUT2D eigenvalue weighted by atomic mass is 9.92. The topological polar surface area (TPSA) is 87.4 Å². The molecule has 0 spiro atoms. The molecule has 4 aromatic rings. The minimum atomic E-state index is -1.02. The van der Waals surface area contributed by atoms with Crippen LogP contribution in [-0.2, 0) is 19.0 Å². The molecule has 0 N–H and O–H groups in total. The average molecular weight is 671 g/mol. The summed E-state index contributed by atoms with van der Waals surface area (Å²) in [6, 6.07) is 13.0. The molecule has 260 valence electrons. The molecule has 3 aliphatic heterocycles. The fourth-order valence-corrected chi connectivity index (χ4v) is 6.65. The fraction of sp³-hybridized carbons (Fsp3) is 0.462. The largest absolute Gasteiger partial charge is 0.486 e. The van der Waals surface area contributed by atoms with Crippen LogP contribution in [0.2, 0.25) is 0 Å². The number of carbonyl (C=O) groups excluding carboxylic acids is 1. The number of aromatic nitrogens is 3. The summed E-state index contributed by atoms with van der Waals surface area (Å²) >= 11 is 0. The van der Waals surface area contributed by atoms with Crippen LogP contribution in [0.4, 0.5) is 10.2 Å². The van der Waals surface area contributed by atoms with Crippen LogP contribution >= 0.6 is 0 Å². The van der Waals surface area contributed by atoms with Crippen molar-refractivity contribution in [3.63, 3.8) is 0 Å². The molecule has 0 saturated carbocycles. The number of hydrogen-bond acceptors (Lipinski definition) is 8. The van der Waals surface area contributed by atoms with Gasteiger partial charge in [0, 0.05) is 30.4 Å². The zero-order valence-electron chi connectivity index (χ0n) is 29.8. The van der Waals surface area contributed by atoms with Crippen molar-refractivity contribution in [1.82, 2.24) is 14.6 Å². The standard InChI is InChI=1S/C39H47FN4O5/c1-9-46-37(45)35(49-38(5,6)7)33-26(4)41-32-23-30-27-13-10-14-28(22-27)34-29(40)20-24(2)21-31(34)48-25(3)12-11-19-47-39(8)15-17-43(18-16-39)36(33)44(32)42-30/h10-14,20-23,25,35H,9,15-19H2,1-8H3/b12-11+/t25-,35-/m0/s1. The van der Waals surface area contributed by atoms with Crippen molar-refractivity contribution in [2.75, 3.05) is 31.2 Å². The van der Waals surface area contributed by atoms with E-state index in [2.05, 4.69) is 11.8 Å². The second-order valence-electron chi connectivity index (χ2n) is 14.3. The minimum absolute atomic E-state index is 0.218. The number of aryl methyl sites for hydroxylation is 2. The smallest absolute Gasteiger partial charge is 0.340 e. The van der Waals surface area contributed by atoms with E-state index >= 15 is 4.39 Å². The van der Waals surface area contributed by atoms with Crippen LogP contribution in [0, 0.1) is 19.7 Å². The monoisotopic (exact) mass is 670 g/mol. The Morgan fingerprint density at radius 2 is 1.86 bits per heavy atom. The van der Waals surface area contributed by atoms with Gasteiger partial charge in [0.1, 0.15) is 23.5 Å². The highest BCUT2D eigenvalue weighted by molar-refractivity contribution is 5.81. The molecular formula is C39H47FN4O5. The van der Waals surface area contributed by atoms with Crippen LogP contribution in [0.15, 0.2) is 54.6 Å². The van der Waals surface area contributed by atoms with Gasteiger partial charge in [-0.2, -0.15) is 9.61 Å². The predicted molar refractivity (Wildman–Crippen MR) is 189 cm³/mol. The molecule has 10 heteroatoms. The molecule has 1 fully saturated rings. The van der Waals surface area contributed by atoms with Gasteiger partial charge in [-0.05, 0) is 104 Å². The lowest BCUT2D eigenvalue weighted by Gasteiger charge is -2.41. The molecule has 6 bridgehead atoms. The summed E-state index contributed by atoms with van der Waals surface area (Å²) in [5, 5.41) is 5.11. The van der Waals surface area contributed by atoms with Crippen molar-refractivity contribution in [3.8, 4) is 28.1 Å². The summed E-state index contributed by atoms with van der Waals surface area (Å²) in [7, 11) is 0. The second-order valence-corrected chi connectivity index (χ2v) is 14.3. The highest BCUT2D eigenvalue weighted by Crippen LogP contribution is 2.40. The Labute approximate surface area is 288 Å². The van der Waals surface area contributed by atoms with E-state index in [0.29, 0.717) is 59.2 Å². The van der Waals surface area contributed by atoms with Gasteiger partial charge in [0.15, 0.2) is 11.8 Å². The van der Waals surface area contributed by atoms with E-state index < -0.39 is 17.7 Å². The molecule has 7 rings (SSSR count). The summed E-state index contributed by atoms with van der Waals surface area (Å²) < 4.78 is 42.3. The van der Waals surface area contributed by atoms with E-state index in [1.807, 2.05) is 94.6 Å². The molecule has 0 aliphatic carbocycles. The molecule has 5 heterocycles. The first kappa shape index (κ1) is 34.6. The first-order valence-corrected chi connectivity index (χ1v) is 17.1. The molecule has 2 aromatic heterocycles. The molecule has 1 saturated heterocycles. The summed E-state index contributed by atoms with van der Waals surface area (Å²) in [6.07, 6.45) is 4.09. The van der Waals surface area contributed by atoms with E-state index in [-0.39, 0.29) is 24.1 Å². The number of halogens is 1. The van der Waals surface area contributed by atoms with E-state index in [1.165, 1.54) is 6.07 Å². The second kappa shape index (κ2) is 13.6. The molecule has 9 nitrogen and oxygen atoms in total. The number of hydrogen-bond donors (Lipinski definition) is 0. The van der Waals surface area contributed by atoms with Crippen molar-refractivity contribution < 1.29 is 28.1 Å². The number of anilines is 1. The quantitative estimate of drug-likeness (QED) is 0.160. The van der Waals surface area contributed by atoms with E-state index in [0.717, 1.165) is 29.8 Å². The Morgan fingerprint density at radius 1 is 1.12 bits per heavy atom. The average Bonchev–Trinajstić information content (AvgIpc) is 3.45. The number of rotatable bonds is 4. The highest BCUT2D eigenvalue weighted by atomic mass is 19.1. The van der Waals surface area contributed by atoms with E-state index in [9.17, 15) is 4.79 Å². The SMILES string of the molecule is CCOC(=O)[C@@H](OC(C)(C)C)c1c(C)nc2cc3nn2c1N1CCC(C)(CC1)OC/C=C/[C@H](C)Oc1cc(C)cc(F)c1-c1cccc-3c1. The normalized spacial score (nSPS) is 21.0. The molecule has 2 atom stereocenters. The molecule has 49 heavy (non-hydrogen) atoms. The van der Waals surface area contributed by atoms with Crippen LogP contribution in [-0.4, -0.2) is 64.2 Å². The van der Waals surface area contributed by atoms with Gasteiger partial charge in [0.2, 0.25) is 0 Å². The van der Waals surface area contributed by atoms with Gasteiger partial charge in [0.25, 0.3) is 0 Å². The molecule has 3 aliphatic rings. The maximum Gasteiger partial charge on any atom is 0.340 e. The van der Waals surface area contributed by atoms with Gasteiger partial charge in [-0.25, -0.2) is 14.2 Å². The molecule has 0 unspecified atom stereocenters. The van der Waals surface area contributed by atoms with Crippen molar-refractivity contribution in [2.24, 2.45) is 0 Å². The number of carbonyl (C=O) groups is 1. The Bertz CT molecular complexity index is 1890. The molecule has 2 aromatic carbocycles. The maximum atomic E-state index is 15.7. The predicted octanol–water partition coefficient (Wildman–Crippen LogP) is 7.95. The summed E-state index contributed by atoms with van der Waals surface area (Å²) in [5.41, 5.74) is 4.16. The lowest BCUT2D eigenvalue weighted by molar-refractivity contribution is -0.166. The third-order valence-electron chi connectivity index (χ3n) is 9.05. The fourth-order valence-electron chi connectivity index (χ4n) is 6.65. The minimum Gasteiger partial charge on any atom is -0.486 e. The Kier molecular flexibility index (Phi) is 9.57. The van der Waals surface area contributed by atoms with Crippen LogP contribution in [0.3, 0.4) is 0 Å². The number of nitrogens with zero attached hydrogens (tertiary/aromatic N) is 4. The first-order valence-electron chi connectivity index (χ1n) is 17.1.